The summed E-state index contributed by atoms with van der Waals surface area (Å²) in [5.74, 6) is -4.58. The van der Waals surface area contributed by atoms with E-state index in [4.69, 9.17) is 76.8 Å². The van der Waals surface area contributed by atoms with Crippen LogP contribution in [0.1, 0.15) is 129 Å². The maximum absolute atomic E-state index is 13.6. The topological polar surface area (TPSA) is 515 Å². The van der Waals surface area contributed by atoms with Gasteiger partial charge in [-0.2, -0.15) is 0 Å². The molecule has 0 spiro atoms. The van der Waals surface area contributed by atoms with E-state index in [0.717, 1.165) is 24.6 Å². The number of hydrogen-bond donors (Lipinski definition) is 15. The van der Waals surface area contributed by atoms with Gasteiger partial charge in [0, 0.05) is 90.2 Å². The Morgan fingerprint density at radius 2 is 0.899 bits per heavy atom. The summed E-state index contributed by atoms with van der Waals surface area (Å²) in [6, 6.07) is 30.6. The second-order valence-corrected chi connectivity index (χ2v) is 26.8. The summed E-state index contributed by atoms with van der Waals surface area (Å²) in [4.78, 5) is 102. The average molecular weight is 1590 g/mol. The number of carboxylic acid groups (broad SMARTS) is 1. The van der Waals surface area contributed by atoms with Gasteiger partial charge in [-0.1, -0.05) is 60.7 Å². The zero-order valence-corrected chi connectivity index (χ0v) is 66.7. The number of carboxylic acids is 1. The van der Waals surface area contributed by atoms with Crippen LogP contribution >= 0.6 is 26.8 Å². The van der Waals surface area contributed by atoms with E-state index >= 15 is 0 Å². The van der Waals surface area contributed by atoms with E-state index < -0.39 is 67.7 Å². The predicted octanol–water partition coefficient (Wildman–Crippen LogP) is 3.68. The molecule has 0 bridgehead atoms. The Labute approximate surface area is 661 Å². The molecule has 0 aromatic heterocycles. The monoisotopic (exact) mass is 1590 g/mol. The first-order chi connectivity index (χ1) is 51.6. The Balaban J connectivity index is 0.000000752. The molecule has 2 aliphatic rings. The van der Waals surface area contributed by atoms with E-state index in [1.807, 2.05) is 60.7 Å². The number of nitrogens with two attached hydrogens (primary N) is 3. The van der Waals surface area contributed by atoms with Crippen molar-refractivity contribution in [1.29, 1.82) is 0 Å². The molecule has 0 aliphatic heterocycles. The molecule has 592 valence electrons. The van der Waals surface area contributed by atoms with Crippen molar-refractivity contribution in [3.63, 3.8) is 0 Å². The van der Waals surface area contributed by atoms with Crippen molar-refractivity contribution < 1.29 is 145 Å². The minimum atomic E-state index is -3.56. The molecule has 0 saturated heterocycles. The number of benzene rings is 6. The van der Waals surface area contributed by atoms with Crippen LogP contribution in [0.25, 0.3) is 0 Å². The molecule has 32 nitrogen and oxygen atoms in total. The number of phenolic OH excluding ortho intramolecular Hbond substituents is 3. The van der Waals surface area contributed by atoms with Crippen LogP contribution in [-0.2, 0) is 64.4 Å². The fourth-order valence-electron chi connectivity index (χ4n) is 9.60. The van der Waals surface area contributed by atoms with Crippen molar-refractivity contribution >= 4 is 98.9 Å². The summed E-state index contributed by atoms with van der Waals surface area (Å²) in [5.41, 5.74) is 18.9. The maximum atomic E-state index is 13.6. The van der Waals surface area contributed by atoms with Crippen molar-refractivity contribution in [3.05, 3.63) is 165 Å². The van der Waals surface area contributed by atoms with Crippen molar-refractivity contribution in [2.45, 2.75) is 67.6 Å². The molecule has 2 aliphatic carbocycles. The Morgan fingerprint density at radius 1 is 0.514 bits per heavy atom. The standard InChI is InChI=1S/C28H21NO5.C25H35N4O8P.C7H18NO3P.C4H6BO4.C4H12N2O.C2H3ClO.C2H4O2.Na/c29-19-11-12-20(30)24-23(19)27(31)25-21(33-15-17-7-3-1-4-8-17)13-14-22(26(25)28(24)32)34-16-18-9-5-2-6-10-18;1-2-37-38(35,36)15-3-8-26-9-11-28-16-4-5-17(29-12-10-27-13-14-30)21-20(16)24(33)22-18(31)6-7-19(32)23(22)25(21)34;1-3-10-12(9,11-4-2)7-5-6-8;1-3(6)8-5-9-4(2)7;5-1-2-6-3-4-7;3-1-2-4;1-2(3)4;/h1-14,30H,15-16,29H2;4-7,26-32H,2-3,8-15H2,1H3,(H,35,36);3-8H2,1-2H3;1-2H3;6-7H,1-5H2;2H,1H2;1H3,(H,3,4);/q;;;-1;;;;+1. The minimum Gasteiger partial charge on any atom is -0.702 e. The Kier molecular flexibility index (Phi) is 50.1. The third kappa shape index (κ3) is 35.6. The number of aromatic hydroxyl groups is 3. The fraction of sp³-hybridized carbons (Fsp3) is 0.389. The zero-order chi connectivity index (χ0) is 80.6. The Morgan fingerprint density at radius 3 is 1.28 bits per heavy atom. The van der Waals surface area contributed by atoms with Crippen LogP contribution in [-0.4, -0.2) is 207 Å². The normalized spacial score (nSPS) is 11.7. The van der Waals surface area contributed by atoms with Gasteiger partial charge < -0.3 is 116 Å². The van der Waals surface area contributed by atoms with Gasteiger partial charge in [-0.3, -0.25) is 42.7 Å². The third-order valence-electron chi connectivity index (χ3n) is 14.0. The molecule has 2 radical (unpaired) electrons. The van der Waals surface area contributed by atoms with Crippen LogP contribution < -0.4 is 82.8 Å². The first-order valence-electron chi connectivity index (χ1n) is 34.1. The summed E-state index contributed by atoms with van der Waals surface area (Å²) in [6.45, 7) is 15.6. The van der Waals surface area contributed by atoms with Crippen LogP contribution in [0.3, 0.4) is 0 Å². The smallest absolute Gasteiger partial charge is 0.702 e. The van der Waals surface area contributed by atoms with E-state index in [9.17, 15) is 58.1 Å². The number of anilines is 3. The average Bonchev–Trinajstić information content (AvgIpc) is 0.739. The minimum absolute atomic E-state index is 0. The number of carbonyl (C=O) groups excluding carboxylic acids is 7. The van der Waals surface area contributed by atoms with Gasteiger partial charge in [0.1, 0.15) is 55.9 Å². The first kappa shape index (κ1) is 98.9. The summed E-state index contributed by atoms with van der Waals surface area (Å²) < 4.78 is 58.6. The number of carbonyl (C=O) groups is 8. The molecule has 6 aromatic carbocycles. The fourth-order valence-corrected chi connectivity index (χ4v) is 12.4. The van der Waals surface area contributed by atoms with Crippen LogP contribution in [0.2, 0.25) is 0 Å². The second kappa shape index (κ2) is 55.3. The number of aldehydes is 1. The van der Waals surface area contributed by atoms with Crippen molar-refractivity contribution in [2.75, 3.05) is 133 Å². The van der Waals surface area contributed by atoms with Gasteiger partial charge in [0.05, 0.1) is 95.7 Å². The molecule has 18 N–H and O–H groups in total. The first-order valence-corrected chi connectivity index (χ1v) is 38.1. The summed E-state index contributed by atoms with van der Waals surface area (Å²) in [7, 11) is -5.68. The van der Waals surface area contributed by atoms with E-state index in [-0.39, 0.29) is 142 Å². The van der Waals surface area contributed by atoms with Crippen LogP contribution in [0, 0.1) is 0 Å². The molecule has 37 heteroatoms. The van der Waals surface area contributed by atoms with Gasteiger partial charge in [-0.25, -0.2) is 0 Å². The number of alkyl halides is 1. The molecule has 6 aromatic rings. The molecular weight excluding hydrogens is 1490 g/mol. The summed E-state index contributed by atoms with van der Waals surface area (Å²) in [5, 5.41) is 71.0. The van der Waals surface area contributed by atoms with Gasteiger partial charge >= 0.3 is 44.7 Å². The Bertz CT molecular complexity index is 3790. The second-order valence-electron chi connectivity index (χ2n) is 22.3. The van der Waals surface area contributed by atoms with Gasteiger partial charge in [0.15, 0.2) is 0 Å². The molecule has 109 heavy (non-hydrogen) atoms. The number of aliphatic hydroxyl groups excluding tert-OH is 2. The number of fused-ring (bicyclic) bond motifs is 4. The number of aliphatic carboxylic acids is 1. The van der Waals surface area contributed by atoms with E-state index in [0.29, 0.717) is 116 Å². The molecular formula is C72H99BClN8NaO24P2. The molecule has 1 unspecified atom stereocenters. The molecule has 0 fully saturated rings. The number of aliphatic hydroxyl groups is 2. The number of nitrogens with one attached hydrogen (secondary N) is 5. The van der Waals surface area contributed by atoms with E-state index in [1.54, 1.807) is 45.0 Å². The van der Waals surface area contributed by atoms with Crippen molar-refractivity contribution in [2.24, 2.45) is 11.5 Å². The third-order valence-corrected chi connectivity index (χ3v) is 17.9. The number of ketones is 4. The SMILES string of the molecule is CC(=O)O.CC(=O)O[B-]OC(C)=O.CCOP(=O)(CCCN)OCC.CCOP(=O)(O)CCCNCCNc1ccc(NCCNCCO)c2c1C(=O)c1c(O)ccc(O)c1C2=O.NCCNCCO.Nc1ccc(O)c2c1C(=O)c1c(OCc3ccccc3)ccc(OCc3ccccc3)c1C2=O.O=CCCl.[Na+]. The van der Waals surface area contributed by atoms with Crippen molar-refractivity contribution in [3.8, 4) is 28.7 Å². The molecule has 0 saturated carbocycles. The summed E-state index contributed by atoms with van der Waals surface area (Å²) >= 11 is 4.82. The van der Waals surface area contributed by atoms with Gasteiger partial charge in [0.25, 0.3) is 17.9 Å². The van der Waals surface area contributed by atoms with Crippen LogP contribution in [0.4, 0.5) is 17.1 Å². The quantitative estimate of drug-likeness (QED) is 0.00506. The largest absolute Gasteiger partial charge is 1.00 e. The van der Waals surface area contributed by atoms with E-state index in [1.165, 1.54) is 38.1 Å². The number of hydrogen-bond acceptors (Lipinski definition) is 30. The molecule has 0 amide bonds. The van der Waals surface area contributed by atoms with Gasteiger partial charge in [-0.05, 0) is 106 Å². The van der Waals surface area contributed by atoms with Crippen molar-refractivity contribution in [1.82, 2.24) is 16.0 Å². The molecule has 0 heterocycles. The Hall–Kier alpha value is -8.15. The number of phenols is 3. The number of nitrogen functional groups attached to an aromatic ring is 1. The van der Waals surface area contributed by atoms with Crippen LogP contribution in [0.15, 0.2) is 109 Å². The number of halogens is 1. The maximum Gasteiger partial charge on any atom is 1.00 e. The number of rotatable bonds is 36. The predicted molar refractivity (Wildman–Crippen MR) is 409 cm³/mol. The zero-order valence-electron chi connectivity index (χ0n) is 62.2. The summed E-state index contributed by atoms with van der Waals surface area (Å²) in [6.07, 6.45) is 2.23. The van der Waals surface area contributed by atoms with E-state index in [2.05, 4.69) is 35.9 Å². The molecule has 1 atom stereocenters. The van der Waals surface area contributed by atoms with Crippen LogP contribution in [0.5, 0.6) is 28.7 Å². The van der Waals surface area contributed by atoms with Gasteiger partial charge in [0.2, 0.25) is 23.1 Å². The molecule has 8 rings (SSSR count). The van der Waals surface area contributed by atoms with Gasteiger partial charge in [-0.15, -0.1) is 11.6 Å². The number of ether oxygens (including phenoxy) is 2.